The highest BCUT2D eigenvalue weighted by Gasteiger charge is 2.32. The lowest BCUT2D eigenvalue weighted by Crippen LogP contribution is -2.35. The van der Waals surface area contributed by atoms with Crippen molar-refractivity contribution in [3.8, 4) is 0 Å². The van der Waals surface area contributed by atoms with Crippen LogP contribution in [0.15, 0.2) is 29.2 Å². The van der Waals surface area contributed by atoms with Crippen LogP contribution in [0.3, 0.4) is 0 Å². The first-order valence-corrected chi connectivity index (χ1v) is 5.46. The van der Waals surface area contributed by atoms with Gasteiger partial charge in [0.2, 0.25) is 0 Å². The van der Waals surface area contributed by atoms with Crippen molar-refractivity contribution < 1.29 is 13.2 Å². The summed E-state index contributed by atoms with van der Waals surface area (Å²) in [4.78, 5) is 0.308. The molecule has 1 aromatic rings. The predicted molar refractivity (Wildman–Crippen MR) is 53.7 cm³/mol. The topological polar surface area (TPSA) is 12.0 Å². The lowest BCUT2D eigenvalue weighted by molar-refractivity contribution is -0.0328. The quantitative estimate of drug-likeness (QED) is 0.786. The van der Waals surface area contributed by atoms with Crippen LogP contribution in [-0.2, 0) is 0 Å². The molecule has 0 saturated carbocycles. The Kier molecular flexibility index (Phi) is 2.93. The second kappa shape index (κ2) is 4.06. The van der Waals surface area contributed by atoms with Crippen LogP contribution in [-0.4, -0.2) is 12.1 Å². The standard InChI is InChI=1S/C10H10F3NS/c11-10(12,13)15-9-4-2-1-3-7(9)8-5-6-14-8/h1-4,8,14H,5-6H2/t8-/m0/s1. The summed E-state index contributed by atoms with van der Waals surface area (Å²) in [6, 6.07) is 6.78. The van der Waals surface area contributed by atoms with E-state index in [0.717, 1.165) is 18.5 Å². The lowest BCUT2D eigenvalue weighted by Gasteiger charge is -2.29. The van der Waals surface area contributed by atoms with Crippen molar-refractivity contribution in [2.45, 2.75) is 22.9 Å². The molecule has 2 rings (SSSR count). The fourth-order valence-corrected chi connectivity index (χ4v) is 2.26. The molecule has 5 heteroatoms. The van der Waals surface area contributed by atoms with Gasteiger partial charge >= 0.3 is 5.51 Å². The summed E-state index contributed by atoms with van der Waals surface area (Å²) in [7, 11) is 0. The maximum atomic E-state index is 12.2. The maximum Gasteiger partial charge on any atom is 0.446 e. The number of alkyl halides is 3. The smallest absolute Gasteiger partial charge is 0.310 e. The lowest BCUT2D eigenvalue weighted by atomic mass is 9.98. The summed E-state index contributed by atoms with van der Waals surface area (Å²) in [6.45, 7) is 0.885. The van der Waals surface area contributed by atoms with Gasteiger partial charge in [-0.3, -0.25) is 0 Å². The number of nitrogens with one attached hydrogen (secondary N) is 1. The fourth-order valence-electron chi connectivity index (χ4n) is 1.54. The van der Waals surface area contributed by atoms with E-state index in [0.29, 0.717) is 4.90 Å². The van der Waals surface area contributed by atoms with Gasteiger partial charge in [-0.25, -0.2) is 0 Å². The molecule has 0 radical (unpaired) electrons. The first-order chi connectivity index (χ1) is 7.06. The Morgan fingerprint density at radius 3 is 2.47 bits per heavy atom. The van der Waals surface area contributed by atoms with Gasteiger partial charge in [-0.15, -0.1) is 0 Å². The van der Waals surface area contributed by atoms with E-state index in [1.165, 1.54) is 6.07 Å². The van der Waals surface area contributed by atoms with Gasteiger partial charge in [-0.2, -0.15) is 13.2 Å². The highest BCUT2D eigenvalue weighted by molar-refractivity contribution is 8.00. The minimum Gasteiger partial charge on any atom is -0.310 e. The highest BCUT2D eigenvalue weighted by atomic mass is 32.2. The van der Waals surface area contributed by atoms with Crippen LogP contribution >= 0.6 is 11.8 Å². The first-order valence-electron chi connectivity index (χ1n) is 4.64. The molecule has 1 nitrogen and oxygen atoms in total. The van der Waals surface area contributed by atoms with Gasteiger partial charge in [0.1, 0.15) is 0 Å². The van der Waals surface area contributed by atoms with Crippen molar-refractivity contribution >= 4 is 11.8 Å². The van der Waals surface area contributed by atoms with Crippen molar-refractivity contribution in [2.75, 3.05) is 6.54 Å². The Bertz CT molecular complexity index is 347. The Labute approximate surface area is 90.1 Å². The first kappa shape index (κ1) is 10.8. The Morgan fingerprint density at radius 1 is 1.27 bits per heavy atom. The van der Waals surface area contributed by atoms with Crippen LogP contribution in [0.4, 0.5) is 13.2 Å². The minimum atomic E-state index is -4.21. The third-order valence-electron chi connectivity index (χ3n) is 2.34. The van der Waals surface area contributed by atoms with Crippen molar-refractivity contribution in [3.05, 3.63) is 29.8 Å². The van der Waals surface area contributed by atoms with E-state index in [1.807, 2.05) is 0 Å². The summed E-state index contributed by atoms with van der Waals surface area (Å²) in [6.07, 6.45) is 0.912. The van der Waals surface area contributed by atoms with Crippen molar-refractivity contribution in [2.24, 2.45) is 0 Å². The van der Waals surface area contributed by atoms with Crippen LogP contribution in [0, 0.1) is 0 Å². The number of halogens is 3. The van der Waals surface area contributed by atoms with Crippen LogP contribution in [0.2, 0.25) is 0 Å². The molecule has 1 heterocycles. The second-order valence-electron chi connectivity index (χ2n) is 3.38. The van der Waals surface area contributed by atoms with E-state index in [-0.39, 0.29) is 17.8 Å². The summed E-state index contributed by atoms with van der Waals surface area (Å²) >= 11 is -0.0350. The SMILES string of the molecule is FC(F)(F)Sc1ccccc1[C@@H]1CCN1. The number of benzene rings is 1. The Balaban J connectivity index is 2.21. The number of hydrogen-bond donors (Lipinski definition) is 1. The minimum absolute atomic E-state index is 0.0350. The van der Waals surface area contributed by atoms with Crippen LogP contribution in [0.1, 0.15) is 18.0 Å². The van der Waals surface area contributed by atoms with Crippen molar-refractivity contribution in [1.82, 2.24) is 5.32 Å². The molecule has 1 aliphatic heterocycles. The molecule has 0 bridgehead atoms. The van der Waals surface area contributed by atoms with Crippen molar-refractivity contribution in [1.29, 1.82) is 0 Å². The molecular weight excluding hydrogens is 223 g/mol. The maximum absolute atomic E-state index is 12.2. The van der Waals surface area contributed by atoms with Gasteiger partial charge in [0.15, 0.2) is 0 Å². The van der Waals surface area contributed by atoms with Gasteiger partial charge in [-0.05, 0) is 36.4 Å². The van der Waals surface area contributed by atoms with E-state index in [9.17, 15) is 13.2 Å². The van der Waals surface area contributed by atoms with Gasteiger partial charge in [0.25, 0.3) is 0 Å². The summed E-state index contributed by atoms with van der Waals surface area (Å²) in [5.41, 5.74) is -3.45. The molecule has 0 amide bonds. The number of thioether (sulfide) groups is 1. The zero-order valence-corrected chi connectivity index (χ0v) is 8.66. The zero-order chi connectivity index (χ0) is 10.9. The average molecular weight is 233 g/mol. The predicted octanol–water partition coefficient (Wildman–Crippen LogP) is 3.33. The van der Waals surface area contributed by atoms with Crippen LogP contribution in [0.25, 0.3) is 0 Å². The van der Waals surface area contributed by atoms with Gasteiger partial charge in [0.05, 0.1) is 0 Å². The summed E-state index contributed by atoms with van der Waals surface area (Å²) in [5.74, 6) is 0. The molecule has 1 saturated heterocycles. The molecule has 1 fully saturated rings. The van der Waals surface area contributed by atoms with Crippen LogP contribution < -0.4 is 5.32 Å². The fraction of sp³-hybridized carbons (Fsp3) is 0.400. The molecule has 0 aromatic heterocycles. The highest BCUT2D eigenvalue weighted by Crippen LogP contribution is 2.41. The molecule has 1 aliphatic rings. The molecule has 15 heavy (non-hydrogen) atoms. The van der Waals surface area contributed by atoms with Gasteiger partial charge in [0, 0.05) is 10.9 Å². The largest absolute Gasteiger partial charge is 0.446 e. The molecule has 1 aromatic carbocycles. The molecule has 0 spiro atoms. The van der Waals surface area contributed by atoms with Gasteiger partial charge < -0.3 is 5.32 Å². The summed E-state index contributed by atoms with van der Waals surface area (Å²) < 4.78 is 36.7. The molecular formula is C10H10F3NS. The van der Waals surface area contributed by atoms with Crippen LogP contribution in [0.5, 0.6) is 0 Å². The zero-order valence-electron chi connectivity index (χ0n) is 7.84. The van der Waals surface area contributed by atoms with E-state index < -0.39 is 5.51 Å². The molecule has 0 aliphatic carbocycles. The third kappa shape index (κ3) is 2.66. The van der Waals surface area contributed by atoms with Crippen molar-refractivity contribution in [3.63, 3.8) is 0 Å². The molecule has 1 atom stereocenters. The normalized spacial score (nSPS) is 21.1. The van der Waals surface area contributed by atoms with E-state index in [2.05, 4.69) is 5.32 Å². The van der Waals surface area contributed by atoms with E-state index >= 15 is 0 Å². The molecule has 82 valence electrons. The number of rotatable bonds is 2. The number of hydrogen-bond acceptors (Lipinski definition) is 2. The third-order valence-corrected chi connectivity index (χ3v) is 3.17. The summed E-state index contributed by atoms with van der Waals surface area (Å²) in [5, 5.41) is 3.11. The second-order valence-corrected chi connectivity index (χ2v) is 4.49. The Morgan fingerprint density at radius 2 is 1.93 bits per heavy atom. The van der Waals surface area contributed by atoms with Gasteiger partial charge in [-0.1, -0.05) is 18.2 Å². The monoisotopic (exact) mass is 233 g/mol. The van der Waals surface area contributed by atoms with E-state index in [1.54, 1.807) is 18.2 Å². The molecule has 1 N–H and O–H groups in total. The Hall–Kier alpha value is -0.680. The average Bonchev–Trinajstić information content (AvgIpc) is 2.02. The molecule has 0 unspecified atom stereocenters. The van der Waals surface area contributed by atoms with E-state index in [4.69, 9.17) is 0 Å².